The molecule has 5 rings (SSSR count). The number of benzene rings is 2. The first-order valence-corrected chi connectivity index (χ1v) is 12.7. The lowest BCUT2D eigenvalue weighted by molar-refractivity contribution is -0.131. The number of carbonyl (C=O) groups is 1. The van der Waals surface area contributed by atoms with E-state index >= 15 is 0 Å². The van der Waals surface area contributed by atoms with Crippen LogP contribution in [0, 0.1) is 0 Å². The van der Waals surface area contributed by atoms with E-state index in [-0.39, 0.29) is 11.3 Å². The van der Waals surface area contributed by atoms with Gasteiger partial charge in [-0.1, -0.05) is 71.9 Å². The topological polar surface area (TPSA) is 59.2 Å². The van der Waals surface area contributed by atoms with E-state index in [1.165, 1.54) is 16.0 Å². The van der Waals surface area contributed by atoms with Crippen molar-refractivity contribution < 1.29 is 9.32 Å². The predicted molar refractivity (Wildman–Crippen MR) is 131 cm³/mol. The van der Waals surface area contributed by atoms with Crippen molar-refractivity contribution in [2.24, 2.45) is 0 Å². The second kappa shape index (κ2) is 9.96. The summed E-state index contributed by atoms with van der Waals surface area (Å²) in [5, 5.41) is 4.45. The molecule has 33 heavy (non-hydrogen) atoms. The van der Waals surface area contributed by atoms with Gasteiger partial charge in [0.15, 0.2) is 5.82 Å². The molecule has 170 valence electrons. The van der Waals surface area contributed by atoms with Crippen LogP contribution < -0.4 is 0 Å². The fraction of sp³-hybridized carbons (Fsp3) is 0.370. The zero-order chi connectivity index (χ0) is 22.5. The summed E-state index contributed by atoms with van der Waals surface area (Å²) in [6.45, 7) is 1.42. The zero-order valence-electron chi connectivity index (χ0n) is 18.8. The molecule has 3 aromatic rings. The molecular formula is C27H29N3O2S. The first kappa shape index (κ1) is 22.0. The van der Waals surface area contributed by atoms with E-state index < -0.39 is 0 Å². The molecule has 0 spiro atoms. The second-order valence-electron chi connectivity index (χ2n) is 8.81. The minimum Gasteiger partial charge on any atom is -0.342 e. The SMILES string of the molecule is O=C(CC1=CCCS1)N1CCC(c2ccccc2)(c2noc(CCc3ccccc3)n2)CC1. The molecular weight excluding hydrogens is 430 g/mol. The summed E-state index contributed by atoms with van der Waals surface area (Å²) in [6, 6.07) is 20.8. The van der Waals surface area contributed by atoms with Gasteiger partial charge in [-0.2, -0.15) is 4.98 Å². The number of rotatable bonds is 7. The highest BCUT2D eigenvalue weighted by Crippen LogP contribution is 2.41. The third-order valence-corrected chi connectivity index (χ3v) is 7.89. The predicted octanol–water partition coefficient (Wildman–Crippen LogP) is 5.17. The number of allylic oxidation sites excluding steroid dienone is 1. The lowest BCUT2D eigenvalue weighted by atomic mass is 9.72. The van der Waals surface area contributed by atoms with Gasteiger partial charge in [0.25, 0.3) is 0 Å². The van der Waals surface area contributed by atoms with Gasteiger partial charge in [0.2, 0.25) is 11.8 Å². The number of piperidine rings is 1. The van der Waals surface area contributed by atoms with Gasteiger partial charge >= 0.3 is 0 Å². The number of thioether (sulfide) groups is 1. The van der Waals surface area contributed by atoms with Crippen molar-refractivity contribution in [3.63, 3.8) is 0 Å². The third kappa shape index (κ3) is 4.91. The average Bonchev–Trinajstić information content (AvgIpc) is 3.57. The van der Waals surface area contributed by atoms with E-state index in [1.54, 1.807) is 0 Å². The first-order chi connectivity index (χ1) is 16.2. The Morgan fingerprint density at radius 3 is 2.42 bits per heavy atom. The number of nitrogens with zero attached hydrogens (tertiary/aromatic N) is 3. The van der Waals surface area contributed by atoms with Crippen molar-refractivity contribution in [2.75, 3.05) is 18.8 Å². The number of hydrogen-bond donors (Lipinski definition) is 0. The van der Waals surface area contributed by atoms with Crippen molar-refractivity contribution in [3.8, 4) is 0 Å². The Morgan fingerprint density at radius 2 is 1.73 bits per heavy atom. The second-order valence-corrected chi connectivity index (χ2v) is 10.0. The Labute approximate surface area is 199 Å². The third-order valence-electron chi connectivity index (χ3n) is 6.77. The van der Waals surface area contributed by atoms with E-state index in [1.807, 2.05) is 28.8 Å². The summed E-state index contributed by atoms with van der Waals surface area (Å²) >= 11 is 1.82. The molecule has 0 atom stereocenters. The first-order valence-electron chi connectivity index (χ1n) is 11.8. The van der Waals surface area contributed by atoms with Crippen LogP contribution >= 0.6 is 11.8 Å². The van der Waals surface area contributed by atoms with E-state index in [0.717, 1.165) is 43.7 Å². The van der Waals surface area contributed by atoms with Gasteiger partial charge in [-0.05, 0) is 41.7 Å². The molecule has 1 saturated heterocycles. The zero-order valence-corrected chi connectivity index (χ0v) is 19.6. The number of aryl methyl sites for hydroxylation is 2. The van der Waals surface area contributed by atoms with Crippen LogP contribution in [0.2, 0.25) is 0 Å². The van der Waals surface area contributed by atoms with Crippen molar-refractivity contribution in [1.29, 1.82) is 0 Å². The average molecular weight is 460 g/mol. The van der Waals surface area contributed by atoms with Crippen molar-refractivity contribution in [2.45, 2.75) is 43.9 Å². The minimum atomic E-state index is -0.325. The maximum Gasteiger partial charge on any atom is 0.227 e. The smallest absolute Gasteiger partial charge is 0.227 e. The van der Waals surface area contributed by atoms with Crippen molar-refractivity contribution in [1.82, 2.24) is 15.0 Å². The lowest BCUT2D eigenvalue weighted by Crippen LogP contribution is -2.46. The number of amides is 1. The lowest BCUT2D eigenvalue weighted by Gasteiger charge is -2.40. The van der Waals surface area contributed by atoms with Gasteiger partial charge in [0, 0.05) is 25.3 Å². The highest BCUT2D eigenvalue weighted by molar-refractivity contribution is 8.03. The van der Waals surface area contributed by atoms with Crippen molar-refractivity contribution >= 4 is 17.7 Å². The fourth-order valence-electron chi connectivity index (χ4n) is 4.84. The van der Waals surface area contributed by atoms with Gasteiger partial charge in [0.1, 0.15) is 0 Å². The van der Waals surface area contributed by atoms with E-state index in [4.69, 9.17) is 9.51 Å². The van der Waals surface area contributed by atoms with E-state index in [9.17, 15) is 4.79 Å². The van der Waals surface area contributed by atoms with Crippen LogP contribution in [0.25, 0.3) is 0 Å². The maximum absolute atomic E-state index is 12.9. The molecule has 0 bridgehead atoms. The summed E-state index contributed by atoms with van der Waals surface area (Å²) in [5.41, 5.74) is 2.13. The number of carbonyl (C=O) groups excluding carboxylic acids is 1. The highest BCUT2D eigenvalue weighted by Gasteiger charge is 2.42. The van der Waals surface area contributed by atoms with Crippen LogP contribution in [0.15, 0.2) is 76.2 Å². The fourth-order valence-corrected chi connectivity index (χ4v) is 5.80. The standard InChI is InChI=1S/C27H29N3O2S/c31-25(20-23-12-7-19-33-23)30-17-15-27(16-18-30,22-10-5-2-6-11-22)26-28-24(32-29-26)14-13-21-8-3-1-4-9-21/h1-6,8-12H,7,13-20H2. The maximum atomic E-state index is 12.9. The molecule has 0 saturated carbocycles. The Balaban J connectivity index is 1.32. The van der Waals surface area contributed by atoms with Gasteiger partial charge in [0.05, 0.1) is 11.8 Å². The molecule has 0 N–H and O–H groups in total. The summed E-state index contributed by atoms with van der Waals surface area (Å²) < 4.78 is 5.70. The highest BCUT2D eigenvalue weighted by atomic mass is 32.2. The van der Waals surface area contributed by atoms with Crippen LogP contribution in [-0.4, -0.2) is 39.8 Å². The summed E-state index contributed by atoms with van der Waals surface area (Å²) in [4.78, 5) is 21.0. The molecule has 0 unspecified atom stereocenters. The van der Waals surface area contributed by atoms with Gasteiger partial charge in [-0.25, -0.2) is 0 Å². The molecule has 1 amide bonds. The number of aromatic nitrogens is 2. The van der Waals surface area contributed by atoms with E-state index in [2.05, 4.69) is 59.8 Å². The van der Waals surface area contributed by atoms with Crippen LogP contribution in [0.1, 0.15) is 48.5 Å². The molecule has 5 nitrogen and oxygen atoms in total. The van der Waals surface area contributed by atoms with Crippen LogP contribution in [0.5, 0.6) is 0 Å². The largest absolute Gasteiger partial charge is 0.342 e. The molecule has 1 aromatic heterocycles. The van der Waals surface area contributed by atoms with Gasteiger partial charge in [-0.3, -0.25) is 4.79 Å². The number of hydrogen-bond acceptors (Lipinski definition) is 5. The molecule has 2 aromatic carbocycles. The quantitative estimate of drug-likeness (QED) is 0.488. The summed E-state index contributed by atoms with van der Waals surface area (Å²) in [5.74, 6) is 2.75. The van der Waals surface area contributed by atoms with Gasteiger partial charge < -0.3 is 9.42 Å². The van der Waals surface area contributed by atoms with E-state index in [0.29, 0.717) is 25.4 Å². The van der Waals surface area contributed by atoms with Gasteiger partial charge in [-0.15, -0.1) is 11.8 Å². The molecule has 2 aliphatic rings. The Hall–Kier alpha value is -2.86. The number of likely N-dealkylation sites (tertiary alicyclic amines) is 1. The van der Waals surface area contributed by atoms with Crippen LogP contribution in [-0.2, 0) is 23.1 Å². The van der Waals surface area contributed by atoms with Crippen molar-refractivity contribution in [3.05, 3.63) is 94.5 Å². The Morgan fingerprint density at radius 1 is 1.00 bits per heavy atom. The Bertz CT molecular complexity index is 1100. The molecule has 0 aliphatic carbocycles. The normalized spacial score (nSPS) is 17.7. The van der Waals surface area contributed by atoms with Crippen LogP contribution in [0.4, 0.5) is 0 Å². The van der Waals surface area contributed by atoms with Crippen LogP contribution in [0.3, 0.4) is 0 Å². The summed E-state index contributed by atoms with van der Waals surface area (Å²) in [7, 11) is 0. The monoisotopic (exact) mass is 459 g/mol. The molecule has 0 radical (unpaired) electrons. The summed E-state index contributed by atoms with van der Waals surface area (Å²) in [6.07, 6.45) is 7.01. The molecule has 6 heteroatoms. The molecule has 1 fully saturated rings. The Kier molecular flexibility index (Phi) is 6.63. The molecule has 3 heterocycles. The minimum absolute atomic E-state index is 0.231. The molecule has 2 aliphatic heterocycles.